The van der Waals surface area contributed by atoms with Gasteiger partial charge in [-0.2, -0.15) is 0 Å². The number of benzene rings is 1. The maximum Gasteiger partial charge on any atom is 0.0705 e. The van der Waals surface area contributed by atoms with E-state index in [2.05, 4.69) is 29.2 Å². The van der Waals surface area contributed by atoms with Crippen molar-refractivity contribution in [3.63, 3.8) is 0 Å². The van der Waals surface area contributed by atoms with E-state index in [4.69, 9.17) is 15.5 Å². The summed E-state index contributed by atoms with van der Waals surface area (Å²) in [7, 11) is 0. The van der Waals surface area contributed by atoms with Gasteiger partial charge in [0.15, 0.2) is 0 Å². The minimum Gasteiger partial charge on any atom is -0.392 e. The topological polar surface area (TPSA) is 71.6 Å². The molecule has 2 aromatic rings. The molecule has 0 radical (unpaired) electrons. The van der Waals surface area contributed by atoms with E-state index in [0.29, 0.717) is 13.2 Å². The molecule has 150 valence electrons. The van der Waals surface area contributed by atoms with Crippen molar-refractivity contribution in [2.75, 3.05) is 26.2 Å². The highest BCUT2D eigenvalue weighted by molar-refractivity contribution is 5.85. The van der Waals surface area contributed by atoms with Crippen LogP contribution in [0.25, 0.3) is 10.9 Å². The standard InChI is InChI=1S/C20H27N3O2.2ClH/c21-9-12-25-19-13-18(24)20(19)7-10-23(11-8-20)14-16-6-5-15-3-1-2-4-17(15)22-16;;/h1-6,18-19,24H,7-14,21H2;2*1H/t18-,19+;;/m1../s1. The normalized spacial score (nSPS) is 24.1. The molecule has 1 saturated heterocycles. The van der Waals surface area contributed by atoms with Crippen LogP contribution in [0.15, 0.2) is 36.4 Å². The fraction of sp³-hybridized carbons (Fsp3) is 0.550. The Morgan fingerprint density at radius 1 is 1.15 bits per heavy atom. The maximum absolute atomic E-state index is 10.3. The molecule has 2 atom stereocenters. The first-order valence-electron chi connectivity index (χ1n) is 9.28. The number of aliphatic hydroxyl groups is 1. The minimum atomic E-state index is -0.226. The highest BCUT2D eigenvalue weighted by atomic mass is 35.5. The Labute approximate surface area is 173 Å². The summed E-state index contributed by atoms with van der Waals surface area (Å²) < 4.78 is 5.88. The summed E-state index contributed by atoms with van der Waals surface area (Å²) in [6.07, 6.45) is 2.67. The van der Waals surface area contributed by atoms with Crippen molar-refractivity contribution in [2.45, 2.75) is 38.0 Å². The van der Waals surface area contributed by atoms with Gasteiger partial charge >= 0.3 is 0 Å². The van der Waals surface area contributed by atoms with Crippen molar-refractivity contribution < 1.29 is 9.84 Å². The Morgan fingerprint density at radius 3 is 2.59 bits per heavy atom. The molecule has 5 nitrogen and oxygen atoms in total. The maximum atomic E-state index is 10.3. The third kappa shape index (κ3) is 4.39. The van der Waals surface area contributed by atoms with Crippen LogP contribution >= 0.6 is 24.8 Å². The van der Waals surface area contributed by atoms with Crippen molar-refractivity contribution in [1.82, 2.24) is 9.88 Å². The number of rotatable bonds is 5. The van der Waals surface area contributed by atoms with Crippen molar-refractivity contribution in [1.29, 1.82) is 0 Å². The van der Waals surface area contributed by atoms with E-state index in [0.717, 1.165) is 50.1 Å². The molecule has 1 saturated carbocycles. The number of halogens is 2. The molecule has 1 aromatic carbocycles. The van der Waals surface area contributed by atoms with Crippen LogP contribution in [-0.4, -0.2) is 53.4 Å². The molecule has 0 bridgehead atoms. The fourth-order valence-electron chi connectivity index (χ4n) is 4.38. The Kier molecular flexibility index (Phi) is 7.86. The van der Waals surface area contributed by atoms with Gasteiger partial charge in [-0.05, 0) is 38.1 Å². The lowest BCUT2D eigenvalue weighted by Gasteiger charge is -2.56. The van der Waals surface area contributed by atoms with Crippen LogP contribution in [0.3, 0.4) is 0 Å². The largest absolute Gasteiger partial charge is 0.392 e. The molecule has 2 fully saturated rings. The number of nitrogens with two attached hydrogens (primary N) is 1. The summed E-state index contributed by atoms with van der Waals surface area (Å²) in [4.78, 5) is 7.22. The van der Waals surface area contributed by atoms with E-state index < -0.39 is 0 Å². The summed E-state index contributed by atoms with van der Waals surface area (Å²) in [6, 6.07) is 12.5. The van der Waals surface area contributed by atoms with Crippen LogP contribution in [0, 0.1) is 5.41 Å². The second kappa shape index (κ2) is 9.50. The predicted octanol–water partition coefficient (Wildman–Crippen LogP) is 2.77. The van der Waals surface area contributed by atoms with E-state index in [-0.39, 0.29) is 42.4 Å². The fourth-order valence-corrected chi connectivity index (χ4v) is 4.38. The molecule has 0 amide bonds. The summed E-state index contributed by atoms with van der Waals surface area (Å²) in [5, 5.41) is 11.5. The molecule has 1 aromatic heterocycles. The molecule has 0 unspecified atom stereocenters. The lowest BCUT2D eigenvalue weighted by molar-refractivity contribution is -0.210. The highest BCUT2D eigenvalue weighted by Gasteiger charge is 2.55. The first-order valence-corrected chi connectivity index (χ1v) is 9.28. The number of fused-ring (bicyclic) bond motifs is 1. The molecule has 1 aliphatic carbocycles. The molecule has 1 spiro atoms. The Morgan fingerprint density at radius 2 is 1.89 bits per heavy atom. The Balaban J connectivity index is 0.00000131. The lowest BCUT2D eigenvalue weighted by atomic mass is 9.58. The number of aromatic nitrogens is 1. The van der Waals surface area contributed by atoms with Gasteiger partial charge in [-0.3, -0.25) is 9.88 Å². The Hall–Kier alpha value is -0.950. The summed E-state index contributed by atoms with van der Waals surface area (Å²) >= 11 is 0. The van der Waals surface area contributed by atoms with E-state index in [1.165, 1.54) is 5.39 Å². The molecular formula is C20H29Cl2N3O2. The number of pyridine rings is 1. The molecule has 7 heteroatoms. The van der Waals surface area contributed by atoms with E-state index in [1.54, 1.807) is 0 Å². The van der Waals surface area contributed by atoms with Crippen LogP contribution < -0.4 is 5.73 Å². The molecular weight excluding hydrogens is 385 g/mol. The van der Waals surface area contributed by atoms with Crippen LogP contribution in [0.1, 0.15) is 25.0 Å². The molecule has 3 N–H and O–H groups in total. The number of hydrogen-bond donors (Lipinski definition) is 2. The van der Waals surface area contributed by atoms with Gasteiger partial charge in [0.1, 0.15) is 0 Å². The number of aliphatic hydroxyl groups excluding tert-OH is 1. The Bertz CT molecular complexity index is 738. The number of piperidine rings is 1. The third-order valence-electron chi connectivity index (χ3n) is 6.01. The smallest absolute Gasteiger partial charge is 0.0705 e. The van der Waals surface area contributed by atoms with Crippen molar-refractivity contribution >= 4 is 35.7 Å². The van der Waals surface area contributed by atoms with Gasteiger partial charge in [-0.25, -0.2) is 0 Å². The van der Waals surface area contributed by atoms with Gasteiger partial charge in [0.2, 0.25) is 0 Å². The van der Waals surface area contributed by atoms with Crippen molar-refractivity contribution in [2.24, 2.45) is 11.1 Å². The number of ether oxygens (including phenoxy) is 1. The van der Waals surface area contributed by atoms with E-state index in [1.807, 2.05) is 12.1 Å². The first-order chi connectivity index (χ1) is 12.2. The molecule has 1 aliphatic heterocycles. The van der Waals surface area contributed by atoms with Crippen molar-refractivity contribution in [3.8, 4) is 0 Å². The van der Waals surface area contributed by atoms with Gasteiger partial charge in [0.05, 0.1) is 30.0 Å². The molecule has 4 rings (SSSR count). The average Bonchev–Trinajstić information content (AvgIpc) is 2.65. The monoisotopic (exact) mass is 413 g/mol. The van der Waals surface area contributed by atoms with Crippen LogP contribution in [0.5, 0.6) is 0 Å². The SMILES string of the molecule is Cl.Cl.NCCO[C@H]1C[C@@H](O)C12CCN(Cc1ccc3ccccc3n1)CC2. The quantitative estimate of drug-likeness (QED) is 0.788. The molecule has 2 aliphatic rings. The van der Waals surface area contributed by atoms with Gasteiger partial charge in [0, 0.05) is 30.3 Å². The van der Waals surface area contributed by atoms with Gasteiger partial charge < -0.3 is 15.6 Å². The lowest BCUT2D eigenvalue weighted by Crippen LogP contribution is -2.62. The predicted molar refractivity (Wildman–Crippen MR) is 113 cm³/mol. The van der Waals surface area contributed by atoms with Gasteiger partial charge in [0.25, 0.3) is 0 Å². The van der Waals surface area contributed by atoms with Crippen LogP contribution in [0.4, 0.5) is 0 Å². The average molecular weight is 414 g/mol. The van der Waals surface area contributed by atoms with Gasteiger partial charge in [-0.1, -0.05) is 24.3 Å². The second-order valence-electron chi connectivity index (χ2n) is 7.40. The first kappa shape index (κ1) is 22.3. The van der Waals surface area contributed by atoms with Crippen LogP contribution in [0.2, 0.25) is 0 Å². The zero-order valence-electron chi connectivity index (χ0n) is 15.4. The minimum absolute atomic E-state index is 0. The van der Waals surface area contributed by atoms with E-state index in [9.17, 15) is 5.11 Å². The number of nitrogens with zero attached hydrogens (tertiary/aromatic N) is 2. The third-order valence-corrected chi connectivity index (χ3v) is 6.01. The van der Waals surface area contributed by atoms with Crippen molar-refractivity contribution in [3.05, 3.63) is 42.1 Å². The zero-order valence-corrected chi connectivity index (χ0v) is 17.1. The summed E-state index contributed by atoms with van der Waals surface area (Å²) in [6.45, 7) is 3.96. The number of para-hydroxylation sites is 1. The zero-order chi connectivity index (χ0) is 17.3. The van der Waals surface area contributed by atoms with E-state index >= 15 is 0 Å². The summed E-state index contributed by atoms with van der Waals surface area (Å²) in [5.74, 6) is 0. The number of likely N-dealkylation sites (tertiary alicyclic amines) is 1. The number of hydrogen-bond acceptors (Lipinski definition) is 5. The second-order valence-corrected chi connectivity index (χ2v) is 7.40. The van der Waals surface area contributed by atoms with Crippen LogP contribution in [-0.2, 0) is 11.3 Å². The molecule has 2 heterocycles. The van der Waals surface area contributed by atoms with Gasteiger partial charge in [-0.15, -0.1) is 24.8 Å². The highest BCUT2D eigenvalue weighted by Crippen LogP contribution is 2.51. The molecule has 27 heavy (non-hydrogen) atoms. The summed E-state index contributed by atoms with van der Waals surface area (Å²) in [5.41, 5.74) is 7.66.